The van der Waals surface area contributed by atoms with Gasteiger partial charge in [-0.25, -0.2) is 4.79 Å². The Hall–Kier alpha value is -1.79. The number of nitrogens with two attached hydrogens (primary N) is 1. The summed E-state index contributed by atoms with van der Waals surface area (Å²) >= 11 is 0. The first-order valence-corrected chi connectivity index (χ1v) is 7.29. The number of rotatable bonds is 5. The highest BCUT2D eigenvalue weighted by molar-refractivity contribution is 5.67. The first-order chi connectivity index (χ1) is 10.1. The highest BCUT2D eigenvalue weighted by atomic mass is 16.6. The van der Waals surface area contributed by atoms with Gasteiger partial charge < -0.3 is 26.0 Å². The van der Waals surface area contributed by atoms with Crippen molar-refractivity contribution in [1.29, 1.82) is 0 Å². The summed E-state index contributed by atoms with van der Waals surface area (Å²) in [6.07, 6.45) is -2.35. The van der Waals surface area contributed by atoms with Crippen LogP contribution in [0.5, 0.6) is 0 Å². The summed E-state index contributed by atoms with van der Waals surface area (Å²) in [6.45, 7) is 7.35. The number of aryl methyl sites for hydroxylation is 1. The van der Waals surface area contributed by atoms with Crippen LogP contribution < -0.4 is 11.1 Å². The number of carbonyl (C=O) groups excluding carboxylic acids is 1. The van der Waals surface area contributed by atoms with E-state index in [0.717, 1.165) is 5.56 Å². The number of amides is 1. The van der Waals surface area contributed by atoms with E-state index in [1.807, 2.05) is 6.92 Å². The maximum Gasteiger partial charge on any atom is 0.407 e. The first-order valence-electron chi connectivity index (χ1n) is 7.29. The molecule has 0 aliphatic carbocycles. The molecular formula is C16H26N2O4. The van der Waals surface area contributed by atoms with E-state index in [1.54, 1.807) is 39.0 Å². The number of hydrogen-bond acceptors (Lipinski definition) is 5. The monoisotopic (exact) mass is 310 g/mol. The van der Waals surface area contributed by atoms with Crippen LogP contribution in [-0.2, 0) is 4.74 Å². The fraction of sp³-hybridized carbons (Fsp3) is 0.562. The van der Waals surface area contributed by atoms with Crippen LogP contribution in [0, 0.1) is 6.92 Å². The van der Waals surface area contributed by atoms with Crippen LogP contribution in [0.4, 0.5) is 10.5 Å². The van der Waals surface area contributed by atoms with E-state index < -0.39 is 23.9 Å². The zero-order chi connectivity index (χ0) is 16.9. The van der Waals surface area contributed by atoms with Gasteiger partial charge in [0.25, 0.3) is 0 Å². The number of benzene rings is 1. The van der Waals surface area contributed by atoms with E-state index in [1.165, 1.54) is 0 Å². The van der Waals surface area contributed by atoms with Crippen molar-refractivity contribution < 1.29 is 19.7 Å². The zero-order valence-corrected chi connectivity index (χ0v) is 13.6. The molecule has 0 aliphatic rings. The summed E-state index contributed by atoms with van der Waals surface area (Å²) in [5.74, 6) is 0. The molecule has 0 fully saturated rings. The van der Waals surface area contributed by atoms with Crippen molar-refractivity contribution in [2.75, 3.05) is 12.3 Å². The van der Waals surface area contributed by atoms with Crippen molar-refractivity contribution in [2.24, 2.45) is 0 Å². The van der Waals surface area contributed by atoms with Gasteiger partial charge in [-0.2, -0.15) is 0 Å². The largest absolute Gasteiger partial charge is 0.444 e. The average molecular weight is 310 g/mol. The first kappa shape index (κ1) is 18.3. The molecule has 1 aromatic carbocycles. The Morgan fingerprint density at radius 3 is 2.55 bits per heavy atom. The highest BCUT2D eigenvalue weighted by Crippen LogP contribution is 2.23. The molecular weight excluding hydrogens is 284 g/mol. The second kappa shape index (κ2) is 7.47. The molecule has 5 N–H and O–H groups in total. The summed E-state index contributed by atoms with van der Waals surface area (Å²) in [4.78, 5) is 11.5. The van der Waals surface area contributed by atoms with Crippen molar-refractivity contribution >= 4 is 11.8 Å². The maximum absolute atomic E-state index is 11.5. The summed E-state index contributed by atoms with van der Waals surface area (Å²) in [5, 5.41) is 22.8. The van der Waals surface area contributed by atoms with Gasteiger partial charge in [-0.3, -0.25) is 0 Å². The van der Waals surface area contributed by atoms with Crippen LogP contribution >= 0.6 is 0 Å². The number of carbonyl (C=O) groups is 1. The number of nitrogens with one attached hydrogen (secondary N) is 1. The quantitative estimate of drug-likeness (QED) is 0.622. The van der Waals surface area contributed by atoms with Gasteiger partial charge in [-0.15, -0.1) is 0 Å². The van der Waals surface area contributed by atoms with E-state index in [0.29, 0.717) is 11.3 Å². The van der Waals surface area contributed by atoms with E-state index >= 15 is 0 Å². The minimum absolute atomic E-state index is 0.209. The van der Waals surface area contributed by atoms with Gasteiger partial charge in [0.2, 0.25) is 0 Å². The van der Waals surface area contributed by atoms with E-state index in [9.17, 15) is 15.0 Å². The van der Waals surface area contributed by atoms with Gasteiger partial charge in [-0.1, -0.05) is 6.07 Å². The standard InChI is InChI=1S/C16H26N2O4/c1-10-9-11(17)5-6-12(10)14(20)13(19)7-8-18-15(21)22-16(2,3)4/h5-6,9,13-14,19-20H,7-8,17H2,1-4H3,(H,18,21). The molecule has 0 bridgehead atoms. The Bertz CT molecular complexity index is 511. The Morgan fingerprint density at radius 1 is 1.36 bits per heavy atom. The number of hydrogen-bond donors (Lipinski definition) is 4. The number of aliphatic hydroxyl groups is 2. The van der Waals surface area contributed by atoms with Gasteiger partial charge in [0, 0.05) is 12.2 Å². The minimum atomic E-state index is -1.03. The predicted octanol–water partition coefficient (Wildman–Crippen LogP) is 1.89. The minimum Gasteiger partial charge on any atom is -0.444 e. The zero-order valence-electron chi connectivity index (χ0n) is 13.6. The molecule has 1 amide bonds. The Kier molecular flexibility index (Phi) is 6.20. The van der Waals surface area contributed by atoms with Gasteiger partial charge in [0.05, 0.1) is 6.10 Å². The van der Waals surface area contributed by atoms with Crippen molar-refractivity contribution in [3.63, 3.8) is 0 Å². The van der Waals surface area contributed by atoms with Crippen LogP contribution in [0.2, 0.25) is 0 Å². The van der Waals surface area contributed by atoms with E-state index in [4.69, 9.17) is 10.5 Å². The lowest BCUT2D eigenvalue weighted by Crippen LogP contribution is -2.34. The lowest BCUT2D eigenvalue weighted by atomic mass is 9.97. The van der Waals surface area contributed by atoms with E-state index in [2.05, 4.69) is 5.32 Å². The second-order valence-corrected chi connectivity index (χ2v) is 6.35. The molecule has 0 aromatic heterocycles. The highest BCUT2D eigenvalue weighted by Gasteiger charge is 2.21. The van der Waals surface area contributed by atoms with Crippen LogP contribution in [0.15, 0.2) is 18.2 Å². The maximum atomic E-state index is 11.5. The number of aliphatic hydroxyl groups excluding tert-OH is 2. The number of anilines is 1. The molecule has 0 radical (unpaired) electrons. The number of alkyl carbamates (subject to hydrolysis) is 1. The molecule has 6 heteroatoms. The molecule has 0 aliphatic heterocycles. The van der Waals surface area contributed by atoms with Gasteiger partial charge in [0.1, 0.15) is 11.7 Å². The van der Waals surface area contributed by atoms with Crippen molar-refractivity contribution in [1.82, 2.24) is 5.32 Å². The van der Waals surface area contributed by atoms with Crippen molar-refractivity contribution in [3.8, 4) is 0 Å². The smallest absolute Gasteiger partial charge is 0.407 e. The molecule has 22 heavy (non-hydrogen) atoms. The van der Waals surface area contributed by atoms with Gasteiger partial charge in [0.15, 0.2) is 0 Å². The predicted molar refractivity (Wildman–Crippen MR) is 85.4 cm³/mol. The molecule has 0 saturated carbocycles. The molecule has 0 saturated heterocycles. The van der Waals surface area contributed by atoms with Crippen LogP contribution in [0.3, 0.4) is 0 Å². The lowest BCUT2D eigenvalue weighted by Gasteiger charge is -2.22. The lowest BCUT2D eigenvalue weighted by molar-refractivity contribution is 0.0120. The molecule has 1 rings (SSSR count). The average Bonchev–Trinajstić information content (AvgIpc) is 2.35. The summed E-state index contributed by atoms with van der Waals surface area (Å²) in [6, 6.07) is 5.11. The Morgan fingerprint density at radius 2 is 2.00 bits per heavy atom. The summed E-state index contributed by atoms with van der Waals surface area (Å²) in [7, 11) is 0. The van der Waals surface area contributed by atoms with Gasteiger partial charge in [-0.05, 0) is 57.4 Å². The fourth-order valence-corrected chi connectivity index (χ4v) is 2.03. The fourth-order valence-electron chi connectivity index (χ4n) is 2.03. The molecule has 1 aromatic rings. The summed E-state index contributed by atoms with van der Waals surface area (Å²) < 4.78 is 5.09. The van der Waals surface area contributed by atoms with Crippen LogP contribution in [-0.4, -0.2) is 34.6 Å². The normalized spacial score (nSPS) is 14.3. The Balaban J connectivity index is 2.48. The van der Waals surface area contributed by atoms with Crippen LogP contribution in [0.25, 0.3) is 0 Å². The van der Waals surface area contributed by atoms with Crippen molar-refractivity contribution in [2.45, 2.75) is 51.9 Å². The Labute approximate surface area is 131 Å². The SMILES string of the molecule is Cc1cc(N)ccc1C(O)C(O)CCNC(=O)OC(C)(C)C. The molecule has 0 spiro atoms. The molecule has 124 valence electrons. The number of nitrogen functional groups attached to an aromatic ring is 1. The molecule has 6 nitrogen and oxygen atoms in total. The van der Waals surface area contributed by atoms with Crippen LogP contribution in [0.1, 0.15) is 44.4 Å². The summed E-state index contributed by atoms with van der Waals surface area (Å²) in [5.41, 5.74) is 7.14. The van der Waals surface area contributed by atoms with Gasteiger partial charge >= 0.3 is 6.09 Å². The third-order valence-corrected chi connectivity index (χ3v) is 3.09. The van der Waals surface area contributed by atoms with E-state index in [-0.39, 0.29) is 13.0 Å². The number of ether oxygens (including phenoxy) is 1. The second-order valence-electron chi connectivity index (χ2n) is 6.35. The molecule has 2 atom stereocenters. The third-order valence-electron chi connectivity index (χ3n) is 3.09. The topological polar surface area (TPSA) is 105 Å². The molecule has 2 unspecified atom stereocenters. The van der Waals surface area contributed by atoms with Crippen molar-refractivity contribution in [3.05, 3.63) is 29.3 Å². The third kappa shape index (κ3) is 5.91. The molecule has 0 heterocycles.